The summed E-state index contributed by atoms with van der Waals surface area (Å²) in [6, 6.07) is 18.8. The van der Waals surface area contributed by atoms with Crippen LogP contribution in [0.4, 0.5) is 0 Å². The molecule has 0 bridgehead atoms. The lowest BCUT2D eigenvalue weighted by Crippen LogP contribution is -2.40. The van der Waals surface area contributed by atoms with Crippen molar-refractivity contribution in [2.75, 3.05) is 13.2 Å². The minimum atomic E-state index is -0.641. The highest BCUT2D eigenvalue weighted by Crippen LogP contribution is 2.23. The first-order valence-electron chi connectivity index (χ1n) is 12.1. The van der Waals surface area contributed by atoms with Gasteiger partial charge in [-0.3, -0.25) is 14.4 Å². The topological polar surface area (TPSA) is 105 Å². The number of allylic oxidation sites excluding steroid dienone is 2. The van der Waals surface area contributed by atoms with Crippen molar-refractivity contribution in [3.05, 3.63) is 83.9 Å². The van der Waals surface area contributed by atoms with E-state index in [4.69, 9.17) is 4.74 Å². The molecule has 0 aliphatic carbocycles. The molecule has 35 heavy (non-hydrogen) atoms. The molecule has 1 aliphatic heterocycles. The number of carbonyl (C=O) groups excluding carboxylic acids is 3. The van der Waals surface area contributed by atoms with Crippen LogP contribution in [0.15, 0.2) is 72.8 Å². The van der Waals surface area contributed by atoms with Crippen molar-refractivity contribution in [3.63, 3.8) is 0 Å². The molecule has 4 atom stereocenters. The van der Waals surface area contributed by atoms with Crippen LogP contribution in [0, 0.1) is 11.8 Å². The number of aliphatic hydroxyl groups excluding tert-OH is 1. The standard InChI is InChI=1S/C28H34N2O5/c1-20(19-31)30-26(32)17-23-14-8-9-15-24(16-21-10-4-2-5-11-21)28(34)35-25(18-29-27(23)33)22-12-6-3-7-13-22/h2-13,20,23-25,31H,14-19H2,1H3,(H,29,33)(H,30,32)/t20-,23-,24-,25+/m1/s1. The Morgan fingerprint density at radius 2 is 1.66 bits per heavy atom. The van der Waals surface area contributed by atoms with Gasteiger partial charge >= 0.3 is 5.97 Å². The van der Waals surface area contributed by atoms with E-state index in [9.17, 15) is 19.5 Å². The molecule has 3 N–H and O–H groups in total. The smallest absolute Gasteiger partial charge is 0.310 e. The van der Waals surface area contributed by atoms with Crippen LogP contribution in [-0.4, -0.2) is 42.1 Å². The summed E-state index contributed by atoms with van der Waals surface area (Å²) in [5.74, 6) is -1.82. The molecular formula is C28H34N2O5. The molecule has 186 valence electrons. The summed E-state index contributed by atoms with van der Waals surface area (Å²) in [4.78, 5) is 38.6. The zero-order valence-electron chi connectivity index (χ0n) is 20.1. The van der Waals surface area contributed by atoms with Crippen LogP contribution < -0.4 is 10.6 Å². The van der Waals surface area contributed by atoms with E-state index in [1.54, 1.807) is 6.92 Å². The van der Waals surface area contributed by atoms with Crippen molar-refractivity contribution in [1.29, 1.82) is 0 Å². The van der Waals surface area contributed by atoms with E-state index in [1.165, 1.54) is 0 Å². The fourth-order valence-electron chi connectivity index (χ4n) is 4.04. The molecule has 2 aromatic carbocycles. The van der Waals surface area contributed by atoms with Crippen LogP contribution in [-0.2, 0) is 25.5 Å². The monoisotopic (exact) mass is 478 g/mol. The normalized spacial score (nSPS) is 22.2. The van der Waals surface area contributed by atoms with E-state index in [0.717, 1.165) is 11.1 Å². The molecule has 0 saturated carbocycles. The van der Waals surface area contributed by atoms with Crippen molar-refractivity contribution >= 4 is 17.8 Å². The number of cyclic esters (lactones) is 1. The van der Waals surface area contributed by atoms with E-state index >= 15 is 0 Å². The van der Waals surface area contributed by atoms with Crippen LogP contribution in [0.5, 0.6) is 0 Å². The highest BCUT2D eigenvalue weighted by Gasteiger charge is 2.27. The number of esters is 1. The van der Waals surface area contributed by atoms with Gasteiger partial charge < -0.3 is 20.5 Å². The lowest BCUT2D eigenvalue weighted by atomic mass is 9.94. The summed E-state index contributed by atoms with van der Waals surface area (Å²) >= 11 is 0. The number of carbonyl (C=O) groups is 3. The van der Waals surface area contributed by atoms with Crippen molar-refractivity contribution < 1.29 is 24.2 Å². The van der Waals surface area contributed by atoms with Crippen molar-refractivity contribution in [1.82, 2.24) is 10.6 Å². The number of nitrogens with one attached hydrogen (secondary N) is 2. The van der Waals surface area contributed by atoms with Gasteiger partial charge in [-0.15, -0.1) is 0 Å². The van der Waals surface area contributed by atoms with Crippen LogP contribution in [0.25, 0.3) is 0 Å². The summed E-state index contributed by atoms with van der Waals surface area (Å²) in [7, 11) is 0. The zero-order valence-corrected chi connectivity index (χ0v) is 20.1. The quantitative estimate of drug-likeness (QED) is 0.419. The van der Waals surface area contributed by atoms with Crippen LogP contribution in [0.3, 0.4) is 0 Å². The second kappa shape index (κ2) is 13.4. The van der Waals surface area contributed by atoms with Crippen molar-refractivity contribution in [3.8, 4) is 0 Å². The number of aliphatic hydroxyl groups is 1. The molecule has 0 spiro atoms. The Balaban J connectivity index is 1.81. The summed E-state index contributed by atoms with van der Waals surface area (Å²) in [6.07, 6.45) is 4.50. The van der Waals surface area contributed by atoms with Gasteiger partial charge in [0, 0.05) is 12.5 Å². The Hall–Kier alpha value is -3.45. The van der Waals surface area contributed by atoms with Crippen LogP contribution >= 0.6 is 0 Å². The molecule has 0 unspecified atom stereocenters. The lowest BCUT2D eigenvalue weighted by Gasteiger charge is -2.24. The minimum Gasteiger partial charge on any atom is -0.455 e. The Morgan fingerprint density at radius 3 is 2.31 bits per heavy atom. The molecule has 3 rings (SSSR count). The van der Waals surface area contributed by atoms with Gasteiger partial charge in [0.15, 0.2) is 0 Å². The molecule has 0 saturated heterocycles. The van der Waals surface area contributed by atoms with Gasteiger partial charge in [0.1, 0.15) is 6.10 Å². The van der Waals surface area contributed by atoms with Crippen LogP contribution in [0.1, 0.15) is 43.4 Å². The molecule has 1 aliphatic rings. The molecule has 0 radical (unpaired) electrons. The molecule has 7 nitrogen and oxygen atoms in total. The van der Waals surface area contributed by atoms with E-state index < -0.39 is 12.0 Å². The number of amides is 2. The zero-order chi connectivity index (χ0) is 25.0. The number of benzene rings is 2. The average Bonchev–Trinajstić information content (AvgIpc) is 2.87. The van der Waals surface area contributed by atoms with Gasteiger partial charge in [0.05, 0.1) is 25.0 Å². The highest BCUT2D eigenvalue weighted by atomic mass is 16.5. The molecule has 1 heterocycles. The number of hydrogen-bond acceptors (Lipinski definition) is 5. The van der Waals surface area contributed by atoms with E-state index in [2.05, 4.69) is 10.6 Å². The van der Waals surface area contributed by atoms with E-state index in [0.29, 0.717) is 19.3 Å². The van der Waals surface area contributed by atoms with Gasteiger partial charge in [-0.1, -0.05) is 72.8 Å². The summed E-state index contributed by atoms with van der Waals surface area (Å²) < 4.78 is 5.93. The predicted octanol–water partition coefficient (Wildman–Crippen LogP) is 3.10. The highest BCUT2D eigenvalue weighted by molar-refractivity contribution is 5.86. The molecule has 7 heteroatoms. The SMILES string of the molecule is C[C@H](CO)NC(=O)C[C@H]1CC=CC[C@H](Cc2ccccc2)C(=O)O[C@H](c2ccccc2)CNC1=O. The van der Waals surface area contributed by atoms with Gasteiger partial charge in [-0.25, -0.2) is 0 Å². The maximum atomic E-state index is 13.2. The Morgan fingerprint density at radius 1 is 1.03 bits per heavy atom. The lowest BCUT2D eigenvalue weighted by molar-refractivity contribution is -0.154. The largest absolute Gasteiger partial charge is 0.455 e. The second-order valence-electron chi connectivity index (χ2n) is 8.96. The Labute approximate surface area is 206 Å². The van der Waals surface area contributed by atoms with Crippen molar-refractivity contribution in [2.24, 2.45) is 11.8 Å². The summed E-state index contributed by atoms with van der Waals surface area (Å²) in [5, 5.41) is 14.8. The molecule has 0 aromatic heterocycles. The average molecular weight is 479 g/mol. The first-order valence-corrected chi connectivity index (χ1v) is 12.1. The third-order valence-electron chi connectivity index (χ3n) is 6.04. The fraction of sp³-hybridized carbons (Fsp3) is 0.393. The van der Waals surface area contributed by atoms with Gasteiger partial charge in [0.25, 0.3) is 0 Å². The maximum Gasteiger partial charge on any atom is 0.310 e. The van der Waals surface area contributed by atoms with Gasteiger partial charge in [0.2, 0.25) is 11.8 Å². The fourth-order valence-corrected chi connectivity index (χ4v) is 4.04. The third-order valence-corrected chi connectivity index (χ3v) is 6.04. The minimum absolute atomic E-state index is 0.00372. The number of ether oxygens (including phenoxy) is 1. The predicted molar refractivity (Wildman–Crippen MR) is 133 cm³/mol. The Bertz CT molecular complexity index is 993. The number of hydrogen-bond donors (Lipinski definition) is 3. The first-order chi connectivity index (χ1) is 17.0. The molecule has 2 amide bonds. The summed E-state index contributed by atoms with van der Waals surface area (Å²) in [5.41, 5.74) is 1.84. The van der Waals surface area contributed by atoms with Crippen molar-refractivity contribution in [2.45, 2.75) is 44.8 Å². The Kier molecular flexibility index (Phi) is 10.0. The summed E-state index contributed by atoms with van der Waals surface area (Å²) in [6.45, 7) is 1.64. The molecular weight excluding hydrogens is 444 g/mol. The van der Waals surface area contributed by atoms with Gasteiger partial charge in [-0.2, -0.15) is 0 Å². The molecule has 2 aromatic rings. The first kappa shape index (κ1) is 26.2. The van der Waals surface area contributed by atoms with E-state index in [1.807, 2.05) is 72.8 Å². The van der Waals surface area contributed by atoms with E-state index in [-0.39, 0.29) is 49.3 Å². The van der Waals surface area contributed by atoms with Crippen LogP contribution in [0.2, 0.25) is 0 Å². The second-order valence-corrected chi connectivity index (χ2v) is 8.96. The maximum absolute atomic E-state index is 13.2. The number of rotatable bonds is 7. The van der Waals surface area contributed by atoms with Gasteiger partial charge in [-0.05, 0) is 37.3 Å². The third kappa shape index (κ3) is 8.37. The molecule has 0 fully saturated rings.